The quantitative estimate of drug-likeness (QED) is 0.324. The first-order chi connectivity index (χ1) is 22.6. The maximum absolute atomic E-state index is 13.9. The van der Waals surface area contributed by atoms with Crippen LogP contribution in [0.15, 0.2) is 60.7 Å². The summed E-state index contributed by atoms with van der Waals surface area (Å²) >= 11 is 0. The predicted octanol–water partition coefficient (Wildman–Crippen LogP) is 5.64. The average molecular weight is 641 g/mol. The lowest BCUT2D eigenvalue weighted by atomic mass is 9.84. The minimum Gasteiger partial charge on any atom is -0.508 e. The van der Waals surface area contributed by atoms with Crippen LogP contribution in [0.2, 0.25) is 0 Å². The molecule has 3 aromatic carbocycles. The van der Waals surface area contributed by atoms with Crippen LogP contribution in [0.1, 0.15) is 62.3 Å². The summed E-state index contributed by atoms with van der Waals surface area (Å²) in [6.07, 6.45) is 4.81. The number of likely N-dealkylation sites (N-methyl/N-ethyl adjacent to an activating group) is 1. The third kappa shape index (κ3) is 7.05. The van der Waals surface area contributed by atoms with E-state index < -0.39 is 6.04 Å². The second-order valence-electron chi connectivity index (χ2n) is 13.7. The molecule has 9 heteroatoms. The van der Waals surface area contributed by atoms with Gasteiger partial charge in [-0.15, -0.1) is 0 Å². The Kier molecular flexibility index (Phi) is 9.64. The van der Waals surface area contributed by atoms with Gasteiger partial charge in [-0.2, -0.15) is 0 Å². The van der Waals surface area contributed by atoms with Crippen molar-refractivity contribution in [1.82, 2.24) is 9.80 Å². The fraction of sp³-hybridized carbons (Fsp3) is 0.474. The molecule has 2 heterocycles. The zero-order valence-electron chi connectivity index (χ0n) is 28.3. The van der Waals surface area contributed by atoms with E-state index in [9.17, 15) is 14.7 Å². The zero-order valence-corrected chi connectivity index (χ0v) is 28.3. The number of amides is 2. The van der Waals surface area contributed by atoms with Crippen molar-refractivity contribution in [3.8, 4) is 17.2 Å². The zero-order chi connectivity index (χ0) is 33.2. The van der Waals surface area contributed by atoms with E-state index in [1.807, 2.05) is 67.1 Å². The average Bonchev–Trinajstić information content (AvgIpc) is 3.06. The number of nitrogens with zero attached hydrogens (tertiary/aromatic N) is 4. The number of benzene rings is 3. The van der Waals surface area contributed by atoms with Crippen LogP contribution in [-0.4, -0.2) is 86.3 Å². The highest BCUT2D eigenvalue weighted by Crippen LogP contribution is 2.44. The van der Waals surface area contributed by atoms with Crippen LogP contribution in [-0.2, 0) is 16.0 Å². The van der Waals surface area contributed by atoms with E-state index >= 15 is 0 Å². The molecule has 3 aromatic rings. The van der Waals surface area contributed by atoms with Gasteiger partial charge in [0.1, 0.15) is 5.75 Å². The molecule has 1 atom stereocenters. The molecule has 47 heavy (non-hydrogen) atoms. The molecule has 250 valence electrons. The topological polar surface area (TPSA) is 85.8 Å². The minimum absolute atomic E-state index is 0.00456. The number of piperazine rings is 1. The number of phenols is 1. The van der Waals surface area contributed by atoms with Gasteiger partial charge in [-0.25, -0.2) is 0 Å². The SMILES string of the molecule is COc1cc2c(cc1OC(C)C)C(c1ccc(O)cc1)N(c1ccc(N(C)CC3CCC(N4CCN(C)C(=O)C4)CC3)cc1)C(=O)C2. The highest BCUT2D eigenvalue weighted by Gasteiger charge is 2.36. The molecule has 6 rings (SSSR count). The molecular formula is C38H48N4O5. The molecule has 2 fully saturated rings. The van der Waals surface area contributed by atoms with Crippen LogP contribution in [0.4, 0.5) is 11.4 Å². The van der Waals surface area contributed by atoms with Gasteiger partial charge in [0.15, 0.2) is 11.5 Å². The first kappa shape index (κ1) is 32.7. The summed E-state index contributed by atoms with van der Waals surface area (Å²) in [6.45, 7) is 7.29. The van der Waals surface area contributed by atoms with Crippen molar-refractivity contribution in [2.75, 3.05) is 57.2 Å². The van der Waals surface area contributed by atoms with Crippen molar-refractivity contribution < 1.29 is 24.2 Å². The Labute approximate surface area is 278 Å². The maximum atomic E-state index is 13.9. The Morgan fingerprint density at radius 2 is 1.62 bits per heavy atom. The number of carbonyl (C=O) groups is 2. The molecule has 2 aliphatic heterocycles. The van der Waals surface area contributed by atoms with Gasteiger partial charge in [-0.1, -0.05) is 12.1 Å². The minimum atomic E-state index is -0.401. The first-order valence-electron chi connectivity index (χ1n) is 16.9. The summed E-state index contributed by atoms with van der Waals surface area (Å²) in [5.74, 6) is 2.27. The van der Waals surface area contributed by atoms with Gasteiger partial charge in [-0.05, 0) is 111 Å². The van der Waals surface area contributed by atoms with Crippen molar-refractivity contribution in [2.24, 2.45) is 5.92 Å². The van der Waals surface area contributed by atoms with Gasteiger partial charge in [0, 0.05) is 51.1 Å². The smallest absolute Gasteiger partial charge is 0.236 e. The normalized spacial score (nSPS) is 22.0. The second-order valence-corrected chi connectivity index (χ2v) is 13.7. The Hall–Kier alpha value is -4.24. The van der Waals surface area contributed by atoms with Gasteiger partial charge in [0.05, 0.1) is 32.2 Å². The summed E-state index contributed by atoms with van der Waals surface area (Å²) in [4.78, 5) is 34.5. The maximum Gasteiger partial charge on any atom is 0.236 e. The molecule has 1 saturated carbocycles. The van der Waals surface area contributed by atoms with Crippen LogP contribution >= 0.6 is 0 Å². The largest absolute Gasteiger partial charge is 0.508 e. The summed E-state index contributed by atoms with van der Waals surface area (Å²) in [6, 6.07) is 19.4. The van der Waals surface area contributed by atoms with E-state index in [4.69, 9.17) is 9.47 Å². The van der Waals surface area contributed by atoms with Crippen LogP contribution in [0.3, 0.4) is 0 Å². The number of phenolic OH excluding ortho intramolecular Hbond substituents is 1. The highest BCUT2D eigenvalue weighted by atomic mass is 16.5. The van der Waals surface area contributed by atoms with Crippen molar-refractivity contribution in [3.05, 3.63) is 77.4 Å². The first-order valence-corrected chi connectivity index (χ1v) is 16.9. The van der Waals surface area contributed by atoms with E-state index in [2.05, 4.69) is 29.0 Å². The monoisotopic (exact) mass is 640 g/mol. The Morgan fingerprint density at radius 1 is 0.915 bits per heavy atom. The molecule has 0 bridgehead atoms. The number of anilines is 2. The third-order valence-corrected chi connectivity index (χ3v) is 10.1. The molecule has 0 spiro atoms. The number of methoxy groups -OCH3 is 1. The standard InChI is InChI=1S/C38H48N4O5/c1-25(2)47-35-22-33-28(20-34(35)46-5)21-36(44)42(38(33)27-8-16-32(43)17-9-27)31-14-12-29(13-15-31)40(4)23-26-6-10-30(11-7-26)41-19-18-39(3)37(45)24-41/h8-9,12-17,20,22,25-26,30,38,43H,6-7,10-11,18-19,21,23-24H2,1-5H3. The number of carbonyl (C=O) groups excluding carboxylic acids is 2. The number of fused-ring (bicyclic) bond motifs is 1. The summed E-state index contributed by atoms with van der Waals surface area (Å²) < 4.78 is 11.8. The van der Waals surface area contributed by atoms with Gasteiger partial charge in [-0.3, -0.25) is 14.5 Å². The fourth-order valence-electron chi connectivity index (χ4n) is 7.48. The fourth-order valence-corrected chi connectivity index (χ4v) is 7.48. The lowest BCUT2D eigenvalue weighted by Crippen LogP contribution is -2.53. The second kappa shape index (κ2) is 13.9. The molecule has 3 aliphatic rings. The number of hydrogen-bond donors (Lipinski definition) is 1. The van der Waals surface area contributed by atoms with Crippen LogP contribution in [0.5, 0.6) is 17.2 Å². The number of ether oxygens (including phenoxy) is 2. The Balaban J connectivity index is 1.19. The molecule has 9 nitrogen and oxygen atoms in total. The van der Waals surface area contributed by atoms with Crippen LogP contribution in [0.25, 0.3) is 0 Å². The van der Waals surface area contributed by atoms with E-state index in [0.717, 1.165) is 73.4 Å². The van der Waals surface area contributed by atoms with Gasteiger partial charge < -0.3 is 29.3 Å². The predicted molar refractivity (Wildman–Crippen MR) is 185 cm³/mol. The van der Waals surface area contributed by atoms with Crippen molar-refractivity contribution in [3.63, 3.8) is 0 Å². The molecular weight excluding hydrogens is 592 g/mol. The van der Waals surface area contributed by atoms with Gasteiger partial charge in [0.25, 0.3) is 0 Å². The van der Waals surface area contributed by atoms with Gasteiger partial charge >= 0.3 is 0 Å². The number of aromatic hydroxyl groups is 1. The molecule has 0 radical (unpaired) electrons. The molecule has 1 unspecified atom stereocenters. The van der Waals surface area contributed by atoms with E-state index in [1.54, 1.807) is 19.2 Å². The lowest BCUT2D eigenvalue weighted by molar-refractivity contribution is -0.135. The van der Waals surface area contributed by atoms with Crippen molar-refractivity contribution >= 4 is 23.2 Å². The molecule has 0 aromatic heterocycles. The number of hydrogen-bond acceptors (Lipinski definition) is 7. The summed E-state index contributed by atoms with van der Waals surface area (Å²) in [5, 5.41) is 10.1. The highest BCUT2D eigenvalue weighted by molar-refractivity contribution is 5.98. The van der Waals surface area contributed by atoms with E-state index in [1.165, 1.54) is 0 Å². The molecule has 1 aliphatic carbocycles. The van der Waals surface area contributed by atoms with Crippen LogP contribution < -0.4 is 19.3 Å². The summed E-state index contributed by atoms with van der Waals surface area (Å²) in [7, 11) is 5.66. The van der Waals surface area contributed by atoms with E-state index in [-0.39, 0.29) is 30.1 Å². The summed E-state index contributed by atoms with van der Waals surface area (Å²) in [5.41, 5.74) is 4.71. The van der Waals surface area contributed by atoms with Gasteiger partial charge in [0.2, 0.25) is 11.8 Å². The Bertz CT molecular complexity index is 1570. The van der Waals surface area contributed by atoms with Crippen LogP contribution in [0, 0.1) is 5.92 Å². The Morgan fingerprint density at radius 3 is 2.26 bits per heavy atom. The third-order valence-electron chi connectivity index (χ3n) is 10.1. The lowest BCUT2D eigenvalue weighted by Gasteiger charge is -2.41. The molecule has 2 amide bonds. The molecule has 1 saturated heterocycles. The van der Waals surface area contributed by atoms with Crippen molar-refractivity contribution in [2.45, 2.75) is 64.1 Å². The van der Waals surface area contributed by atoms with Crippen molar-refractivity contribution in [1.29, 1.82) is 0 Å². The number of rotatable bonds is 9. The van der Waals surface area contributed by atoms with E-state index in [0.29, 0.717) is 30.0 Å². The molecule has 1 N–H and O–H groups in total.